The molecule has 0 aliphatic carbocycles. The summed E-state index contributed by atoms with van der Waals surface area (Å²) in [7, 11) is -0.0758. The fourth-order valence-corrected chi connectivity index (χ4v) is 20.1. The lowest BCUT2D eigenvalue weighted by Gasteiger charge is -2.45. The third-order valence-electron chi connectivity index (χ3n) is 25.7. The van der Waals surface area contributed by atoms with Crippen LogP contribution in [0.1, 0.15) is 166 Å². The molecule has 0 radical (unpaired) electrons. The number of phenolic OH excluding ortho intramolecular Hbond substituents is 1. The van der Waals surface area contributed by atoms with Crippen molar-refractivity contribution >= 4 is 45.1 Å². The van der Waals surface area contributed by atoms with Gasteiger partial charge in [0, 0.05) is 182 Å². The molecule has 1 N–H and O–H groups in total. The number of aromatic hydroxyl groups is 1. The number of piperidine rings is 4. The smallest absolute Gasteiger partial charge is 0.253 e. The first kappa shape index (κ1) is 86.1. The van der Waals surface area contributed by atoms with Gasteiger partial charge in [0.2, 0.25) is 0 Å². The van der Waals surface area contributed by atoms with E-state index in [1.54, 1.807) is 36.3 Å². The molecule has 4 spiro atoms. The zero-order chi connectivity index (χ0) is 88.8. The van der Waals surface area contributed by atoms with Gasteiger partial charge in [0.1, 0.15) is 69.1 Å². The minimum Gasteiger partial charge on any atom is -0.508 e. The Bertz CT molecular complexity index is 6390. The number of carbonyl (C=O) groups is 4. The van der Waals surface area contributed by atoms with Gasteiger partial charge in [0.05, 0.1) is 58.7 Å². The number of methoxy groups -OCH3 is 1. The molecule has 0 saturated carbocycles. The predicted octanol–water partition coefficient (Wildman–Crippen LogP) is 17.8. The van der Waals surface area contributed by atoms with Gasteiger partial charge in [0.15, 0.2) is 26.6 Å². The highest BCUT2D eigenvalue weighted by atomic mass is 35.5. The molecule has 8 aromatic carbocycles. The molecule has 0 atom stereocenters. The van der Waals surface area contributed by atoms with E-state index in [1.807, 2.05) is 243 Å². The number of para-hydroxylation sites is 4. The van der Waals surface area contributed by atoms with Crippen LogP contribution in [0.25, 0.3) is 28.3 Å². The van der Waals surface area contributed by atoms with E-state index in [1.165, 1.54) is 6.07 Å². The Morgan fingerprint density at radius 1 is 0.543 bits per heavy atom. The molecule has 4 fully saturated rings. The first-order valence-electron chi connectivity index (χ1n) is 43.4. The van der Waals surface area contributed by atoms with Gasteiger partial charge >= 0.3 is 0 Å². The molecule has 12 heterocycles. The molecule has 8 aliphatic rings. The van der Waals surface area contributed by atoms with Gasteiger partial charge in [-0.25, -0.2) is 8.42 Å². The normalized spacial score (nSPS) is 16.5. The molecule has 8 aliphatic heterocycles. The molecule has 127 heavy (non-hydrogen) atoms. The number of rotatable bonds is 12. The maximum Gasteiger partial charge on any atom is 0.253 e. The van der Waals surface area contributed by atoms with Crippen molar-refractivity contribution in [2.45, 2.75) is 133 Å². The van der Waals surface area contributed by atoms with Crippen LogP contribution in [0.5, 0.6) is 40.2 Å². The Hall–Kier alpha value is -13.0. The highest BCUT2D eigenvalue weighted by Crippen LogP contribution is 2.53. The van der Waals surface area contributed by atoms with Crippen molar-refractivity contribution in [3.05, 3.63) is 297 Å². The van der Waals surface area contributed by atoms with Crippen LogP contribution in [-0.4, -0.2) is 165 Å². The number of nitrogens with zero attached hydrogens (tertiary/aromatic N) is 10. The van der Waals surface area contributed by atoms with E-state index in [-0.39, 0.29) is 54.2 Å². The van der Waals surface area contributed by atoms with Gasteiger partial charge in [0.25, 0.3) is 23.6 Å². The third-order valence-corrected chi connectivity index (χ3v) is 27.1. The van der Waals surface area contributed by atoms with E-state index in [4.69, 9.17) is 44.8 Å². The number of likely N-dealkylation sites (tertiary alicyclic amines) is 4. The van der Waals surface area contributed by atoms with Crippen molar-refractivity contribution in [3.8, 4) is 74.6 Å². The van der Waals surface area contributed by atoms with Crippen LogP contribution in [0.2, 0.25) is 5.02 Å². The molecule has 20 rings (SSSR count). The number of amides is 4. The van der Waals surface area contributed by atoms with Gasteiger partial charge in [-0.1, -0.05) is 78.7 Å². The number of halogens is 1. The monoisotopic (exact) mass is 1750 g/mol. The van der Waals surface area contributed by atoms with E-state index >= 15 is 0 Å². The molecule has 26 heteroatoms. The Balaban J connectivity index is 0.000000125. The minimum atomic E-state index is -3.59. The highest BCUT2D eigenvalue weighted by Gasteiger charge is 2.50. The van der Waals surface area contributed by atoms with E-state index in [2.05, 4.69) is 38.5 Å². The number of phenols is 1. The van der Waals surface area contributed by atoms with Crippen molar-refractivity contribution in [1.29, 1.82) is 5.26 Å². The summed E-state index contributed by atoms with van der Waals surface area (Å²) in [5, 5.41) is 25.0. The Morgan fingerprint density at radius 2 is 1.06 bits per heavy atom. The van der Waals surface area contributed by atoms with Crippen molar-refractivity contribution in [1.82, 2.24) is 43.1 Å². The Kier molecular flexibility index (Phi) is 23.8. The van der Waals surface area contributed by atoms with Crippen LogP contribution in [-0.2, 0) is 50.4 Å². The zero-order valence-electron chi connectivity index (χ0n) is 72.8. The third kappa shape index (κ3) is 16.5. The second-order valence-corrected chi connectivity index (χ2v) is 36.6. The molecule has 24 nitrogen and oxygen atoms in total. The van der Waals surface area contributed by atoms with Gasteiger partial charge in [-0.15, -0.1) is 0 Å². The second-order valence-electron chi connectivity index (χ2n) is 34.1. The van der Waals surface area contributed by atoms with E-state index in [0.717, 1.165) is 133 Å². The summed E-state index contributed by atoms with van der Waals surface area (Å²) in [6.45, 7) is 17.2. The lowest BCUT2D eigenvalue weighted by Crippen LogP contribution is -2.50. The van der Waals surface area contributed by atoms with Crippen LogP contribution >= 0.6 is 11.6 Å². The van der Waals surface area contributed by atoms with Gasteiger partial charge < -0.3 is 67.0 Å². The van der Waals surface area contributed by atoms with Crippen LogP contribution in [0.15, 0.2) is 224 Å². The Labute approximate surface area is 746 Å². The van der Waals surface area contributed by atoms with Crippen molar-refractivity contribution in [2.75, 3.05) is 78.9 Å². The Morgan fingerprint density at radius 3 is 1.65 bits per heavy atom. The molecule has 656 valence electrons. The summed E-state index contributed by atoms with van der Waals surface area (Å²) in [5.74, 6) is 4.35. The van der Waals surface area contributed by atoms with Crippen molar-refractivity contribution < 1.29 is 67.3 Å². The summed E-state index contributed by atoms with van der Waals surface area (Å²) < 4.78 is 75.7. The SMILES string of the molecule is CCc1ccc(C(=O)N2CCC3(CC2)Oc2cc(Cl)ccc2-n2cccc23)cc1O.COCCOc1ccc(C(=O)N2CCC3(CC2)Oc2ccccc2-n2cccc23)cc1S(C)(=O)=O.Cc1cc(C(=O)N2CCC3(CC2)Oc2cccc(C)c2-n2c(C#N)ccc23)ccc1OC(C)C.Cc1cccc(C(=O)N2CCC3(CC2)Oc2ccccc2-c2c3cnn2C)c1.[HH]. The predicted molar refractivity (Wildman–Crippen MR) is 485 cm³/mol. The second kappa shape index (κ2) is 35.1. The van der Waals surface area contributed by atoms with Crippen LogP contribution < -0.4 is 28.4 Å². The van der Waals surface area contributed by atoms with Crippen LogP contribution in [0.3, 0.4) is 0 Å². The summed E-state index contributed by atoms with van der Waals surface area (Å²) in [4.78, 5) is 60.0. The topological polar surface area (TPSA) is 257 Å². The average Bonchev–Trinajstić information content (AvgIpc) is 1.51. The number of fused-ring (bicyclic) bond motifs is 16. The number of carbonyl (C=O) groups excluding carboxylic acids is 4. The van der Waals surface area contributed by atoms with Gasteiger partial charge in [-0.2, -0.15) is 10.4 Å². The van der Waals surface area contributed by atoms with Gasteiger partial charge in [-0.3, -0.25) is 28.4 Å². The number of nitriles is 1. The number of sulfone groups is 1. The number of hydrogen-bond donors (Lipinski definition) is 1. The fourth-order valence-electron chi connectivity index (χ4n) is 19.1. The molecule has 12 aromatic rings. The molecular weight excluding hydrogens is 1640 g/mol. The maximum atomic E-state index is 13.3. The number of aryl methyl sites for hydroxylation is 5. The maximum absolute atomic E-state index is 13.3. The zero-order valence-corrected chi connectivity index (χ0v) is 74.4. The summed E-state index contributed by atoms with van der Waals surface area (Å²) in [6.07, 6.45) is 13.4. The number of benzene rings is 8. The molecular formula is C101H105ClN10O14S. The van der Waals surface area contributed by atoms with Crippen molar-refractivity contribution in [3.63, 3.8) is 0 Å². The van der Waals surface area contributed by atoms with E-state index < -0.39 is 32.2 Å². The van der Waals surface area contributed by atoms with Crippen LogP contribution in [0.4, 0.5) is 0 Å². The van der Waals surface area contributed by atoms with E-state index in [0.29, 0.717) is 125 Å². The number of hydrogen-bond acceptors (Lipinski definition) is 16. The fraction of sp³-hybridized carbons (Fsp3) is 0.327. The molecule has 4 aromatic heterocycles. The molecule has 4 amide bonds. The van der Waals surface area contributed by atoms with Gasteiger partial charge in [-0.05, 0) is 197 Å². The summed E-state index contributed by atoms with van der Waals surface area (Å²) in [6, 6.07) is 65.4. The summed E-state index contributed by atoms with van der Waals surface area (Å²) in [5.41, 5.74) is 14.3. The average molecular weight is 1750 g/mol. The van der Waals surface area contributed by atoms with Crippen molar-refractivity contribution in [2.24, 2.45) is 7.05 Å². The quantitative estimate of drug-likeness (QED) is 0.112. The largest absolute Gasteiger partial charge is 0.508 e. The highest BCUT2D eigenvalue weighted by molar-refractivity contribution is 7.90. The van der Waals surface area contributed by atoms with E-state index in [9.17, 15) is 38.0 Å². The first-order chi connectivity index (χ1) is 61.2. The lowest BCUT2D eigenvalue weighted by atomic mass is 9.81. The number of aromatic nitrogens is 5. The number of ether oxygens (including phenoxy) is 7. The minimum absolute atomic E-state index is 0. The first-order valence-corrected chi connectivity index (χ1v) is 45.6. The lowest BCUT2D eigenvalue weighted by molar-refractivity contribution is -0.00987. The molecule has 0 unspecified atom stereocenters. The van der Waals surface area contributed by atoms with Crippen LogP contribution in [0, 0.1) is 32.1 Å². The standard InChI is InChI=1S/C28H29N3O3.C26H28N2O6S.C24H23ClN2O3.C23H23N3O2.H2/c1-18(2)33-23-10-8-21(16-20(23)4)27(32)30-14-12-28(13-15-30)25-11-9-22(17-29)31(25)26-19(3)6-5-7-24(26)34-28;1-32-16-17-33-22-10-9-19(18-23(22)35(2,30)31)25(29)27-14-11-26(12-15-27)24-8-5-13-28(24)20-6-3-4-7-21(20)34-26;1-2-16-5-6-17(14-20(16)28)23(29)26-12-9-24(10-13-26)22-4-3-11-27(22)19-8-7-18(25)15-21(19)30-24;1-16-6-5-7-17(14-16)22(27)26-12-10-23(11-13-26)19-15-24-25(2)21(19)18-8-3-4-9-20(18)28-23;/h5-11,16,18H,12-15H2,1-4H3;3-10,13,18H,11-12,14-17H2,1-2H3;3-8,11,14-15,28H,2,9-10,12-13H2,1H3;3-9,14-15H,10-13H2,1-2H3;1H. The molecule has 0 bridgehead atoms. The molecule has 4 saturated heterocycles. The summed E-state index contributed by atoms with van der Waals surface area (Å²) >= 11 is 6.21.